The zero-order valence-corrected chi connectivity index (χ0v) is 15.4. The summed E-state index contributed by atoms with van der Waals surface area (Å²) in [6.45, 7) is 1.32. The molecule has 0 saturated heterocycles. The Labute approximate surface area is 162 Å². The van der Waals surface area contributed by atoms with Crippen molar-refractivity contribution in [1.29, 1.82) is 5.26 Å². The van der Waals surface area contributed by atoms with Crippen molar-refractivity contribution < 1.29 is 24.0 Å². The number of hydrogen-bond donors (Lipinski definition) is 1. The molecule has 0 aliphatic rings. The molecule has 0 aliphatic carbocycles. The number of halogens is 1. The highest BCUT2D eigenvalue weighted by Gasteiger charge is 2.24. The molecule has 0 bridgehead atoms. The number of anilines is 1. The number of nitriles is 1. The second kappa shape index (κ2) is 8.48. The van der Waals surface area contributed by atoms with Gasteiger partial charge in [0.05, 0.1) is 27.7 Å². The molecule has 0 atom stereocenters. The minimum atomic E-state index is -0.877. The summed E-state index contributed by atoms with van der Waals surface area (Å²) < 4.78 is 10.0. The van der Waals surface area contributed by atoms with Gasteiger partial charge in [0.2, 0.25) is 0 Å². The van der Waals surface area contributed by atoms with E-state index in [1.54, 1.807) is 6.92 Å². The summed E-state index contributed by atoms with van der Waals surface area (Å²) in [5, 5.41) is 19.9. The average molecular weight is 410 g/mol. The molecule has 140 valence electrons. The van der Waals surface area contributed by atoms with Crippen molar-refractivity contribution in [3.05, 3.63) is 54.9 Å². The van der Waals surface area contributed by atoms with Gasteiger partial charge in [-0.15, -0.1) is 11.3 Å². The molecule has 1 aromatic carbocycles. The van der Waals surface area contributed by atoms with Gasteiger partial charge in [0, 0.05) is 17.7 Å². The summed E-state index contributed by atoms with van der Waals surface area (Å²) in [6, 6.07) is 5.14. The van der Waals surface area contributed by atoms with Crippen LogP contribution in [0, 0.1) is 21.4 Å². The SMILES string of the molecule is CCOC(=O)c1sc(N)c(C#N)c1COC(=O)c1ccc([N+](=O)[O-])cc1Cl. The van der Waals surface area contributed by atoms with Gasteiger partial charge in [0.25, 0.3) is 5.69 Å². The summed E-state index contributed by atoms with van der Waals surface area (Å²) in [4.78, 5) is 34.4. The van der Waals surface area contributed by atoms with Crippen molar-refractivity contribution in [3.8, 4) is 6.07 Å². The average Bonchev–Trinajstić information content (AvgIpc) is 2.95. The van der Waals surface area contributed by atoms with Gasteiger partial charge in [-0.1, -0.05) is 11.6 Å². The van der Waals surface area contributed by atoms with Crippen molar-refractivity contribution in [3.63, 3.8) is 0 Å². The Bertz CT molecular complexity index is 966. The van der Waals surface area contributed by atoms with Crippen LogP contribution in [0.15, 0.2) is 18.2 Å². The summed E-state index contributed by atoms with van der Waals surface area (Å²) in [5.41, 5.74) is 5.51. The van der Waals surface area contributed by atoms with Crippen LogP contribution < -0.4 is 5.73 Å². The second-order valence-corrected chi connectivity index (χ2v) is 6.44. The number of thiophene rings is 1. The highest BCUT2D eigenvalue weighted by molar-refractivity contribution is 7.18. The molecular weight excluding hydrogens is 398 g/mol. The molecule has 27 heavy (non-hydrogen) atoms. The number of non-ortho nitro benzene ring substituents is 1. The first-order valence-electron chi connectivity index (χ1n) is 7.39. The van der Waals surface area contributed by atoms with Gasteiger partial charge in [-0.3, -0.25) is 10.1 Å². The van der Waals surface area contributed by atoms with Crippen LogP contribution in [0.2, 0.25) is 5.02 Å². The Morgan fingerprint density at radius 2 is 2.07 bits per heavy atom. The van der Waals surface area contributed by atoms with Crippen molar-refractivity contribution in [1.82, 2.24) is 0 Å². The molecule has 0 spiro atoms. The Balaban J connectivity index is 2.26. The lowest BCUT2D eigenvalue weighted by molar-refractivity contribution is -0.384. The van der Waals surface area contributed by atoms with E-state index in [1.165, 1.54) is 0 Å². The fourth-order valence-corrected chi connectivity index (χ4v) is 3.27. The third kappa shape index (κ3) is 4.33. The number of nitrogens with zero attached hydrogens (tertiary/aromatic N) is 2. The molecule has 0 unspecified atom stereocenters. The topological polar surface area (TPSA) is 146 Å². The van der Waals surface area contributed by atoms with E-state index in [4.69, 9.17) is 26.8 Å². The van der Waals surface area contributed by atoms with Gasteiger partial charge >= 0.3 is 11.9 Å². The molecule has 0 radical (unpaired) electrons. The molecular formula is C16H12ClN3O6S. The second-order valence-electron chi connectivity index (χ2n) is 4.98. The molecule has 0 aliphatic heterocycles. The van der Waals surface area contributed by atoms with Gasteiger partial charge in [0.15, 0.2) is 0 Å². The van der Waals surface area contributed by atoms with Crippen LogP contribution in [0.1, 0.15) is 38.1 Å². The number of esters is 2. The van der Waals surface area contributed by atoms with Crippen molar-refractivity contribution in [2.45, 2.75) is 13.5 Å². The van der Waals surface area contributed by atoms with Gasteiger partial charge in [0.1, 0.15) is 22.6 Å². The molecule has 2 N–H and O–H groups in total. The lowest BCUT2D eigenvalue weighted by atomic mass is 10.1. The predicted octanol–water partition coefficient (Wildman–Crippen LogP) is 3.30. The Morgan fingerprint density at radius 1 is 1.37 bits per heavy atom. The predicted molar refractivity (Wildman–Crippen MR) is 96.6 cm³/mol. The smallest absolute Gasteiger partial charge is 0.348 e. The fourth-order valence-electron chi connectivity index (χ4n) is 2.11. The Kier molecular flexibility index (Phi) is 6.33. The lowest BCUT2D eigenvalue weighted by Crippen LogP contribution is -2.10. The molecule has 1 heterocycles. The van der Waals surface area contributed by atoms with Gasteiger partial charge in [-0.05, 0) is 13.0 Å². The monoisotopic (exact) mass is 409 g/mol. The van der Waals surface area contributed by atoms with E-state index in [2.05, 4.69) is 0 Å². The van der Waals surface area contributed by atoms with E-state index in [9.17, 15) is 25.0 Å². The first-order valence-corrected chi connectivity index (χ1v) is 8.59. The van der Waals surface area contributed by atoms with Crippen LogP contribution in [0.3, 0.4) is 0 Å². The highest BCUT2D eigenvalue weighted by Crippen LogP contribution is 2.32. The lowest BCUT2D eigenvalue weighted by Gasteiger charge is -2.08. The van der Waals surface area contributed by atoms with Crippen LogP contribution in [-0.2, 0) is 16.1 Å². The largest absolute Gasteiger partial charge is 0.462 e. The van der Waals surface area contributed by atoms with Crippen LogP contribution in [0.4, 0.5) is 10.7 Å². The molecule has 1 aromatic heterocycles. The number of carbonyl (C=O) groups excluding carboxylic acids is 2. The van der Waals surface area contributed by atoms with Gasteiger partial charge in [-0.2, -0.15) is 5.26 Å². The van der Waals surface area contributed by atoms with Gasteiger partial charge in [-0.25, -0.2) is 9.59 Å². The van der Waals surface area contributed by atoms with Gasteiger partial charge < -0.3 is 15.2 Å². The number of rotatable bonds is 6. The number of nitro benzene ring substituents is 1. The minimum Gasteiger partial charge on any atom is -0.462 e. The summed E-state index contributed by atoms with van der Waals surface area (Å²) in [7, 11) is 0. The van der Waals surface area contributed by atoms with E-state index >= 15 is 0 Å². The summed E-state index contributed by atoms with van der Waals surface area (Å²) in [5.74, 6) is -1.56. The first kappa shape index (κ1) is 20.2. The molecule has 11 heteroatoms. The summed E-state index contributed by atoms with van der Waals surface area (Å²) >= 11 is 6.74. The number of nitrogen functional groups attached to an aromatic ring is 1. The fraction of sp³-hybridized carbons (Fsp3) is 0.188. The number of ether oxygens (including phenoxy) is 2. The maximum absolute atomic E-state index is 12.2. The van der Waals surface area contributed by atoms with Crippen LogP contribution in [0.25, 0.3) is 0 Å². The quantitative estimate of drug-likeness (QED) is 0.434. The molecule has 2 aromatic rings. The Hall–Kier alpha value is -3.16. The molecule has 0 amide bonds. The third-order valence-electron chi connectivity index (χ3n) is 3.34. The number of nitro groups is 1. The third-order valence-corrected chi connectivity index (χ3v) is 4.69. The van der Waals surface area contributed by atoms with E-state index in [-0.39, 0.29) is 43.9 Å². The number of carbonyl (C=O) groups is 2. The number of benzene rings is 1. The van der Waals surface area contributed by atoms with Crippen LogP contribution in [-0.4, -0.2) is 23.5 Å². The van der Waals surface area contributed by atoms with E-state index in [0.29, 0.717) is 0 Å². The Morgan fingerprint density at radius 3 is 2.63 bits per heavy atom. The van der Waals surface area contributed by atoms with E-state index < -0.39 is 23.5 Å². The standard InChI is InChI=1S/C16H12ClN3O6S/c1-2-25-16(22)13-11(10(6-18)14(19)27-13)7-26-15(21)9-4-3-8(20(23)24)5-12(9)17/h3-5H,2,7,19H2,1H3. The van der Waals surface area contributed by atoms with E-state index in [0.717, 1.165) is 29.5 Å². The zero-order chi connectivity index (χ0) is 20.1. The highest BCUT2D eigenvalue weighted by atomic mass is 35.5. The molecule has 2 rings (SSSR count). The normalized spacial score (nSPS) is 10.1. The zero-order valence-electron chi connectivity index (χ0n) is 13.9. The van der Waals surface area contributed by atoms with Crippen molar-refractivity contribution >= 4 is 45.6 Å². The van der Waals surface area contributed by atoms with Crippen molar-refractivity contribution in [2.24, 2.45) is 0 Å². The maximum Gasteiger partial charge on any atom is 0.348 e. The van der Waals surface area contributed by atoms with Crippen molar-refractivity contribution in [2.75, 3.05) is 12.3 Å². The van der Waals surface area contributed by atoms with Crippen LogP contribution in [0.5, 0.6) is 0 Å². The minimum absolute atomic E-state index is 0.0191. The number of nitrogens with two attached hydrogens (primary N) is 1. The maximum atomic E-state index is 12.2. The molecule has 9 nitrogen and oxygen atoms in total. The summed E-state index contributed by atoms with van der Waals surface area (Å²) in [6.07, 6.45) is 0. The first-order chi connectivity index (χ1) is 12.8. The molecule has 0 saturated carbocycles. The molecule has 0 fully saturated rings. The number of hydrogen-bond acceptors (Lipinski definition) is 9. The van der Waals surface area contributed by atoms with E-state index in [1.807, 2.05) is 6.07 Å². The van der Waals surface area contributed by atoms with Crippen LogP contribution >= 0.6 is 22.9 Å².